The van der Waals surface area contributed by atoms with E-state index in [2.05, 4.69) is 0 Å². The molecule has 1 fully saturated rings. The molecule has 1 atom stereocenters. The molecule has 1 amide bonds. The lowest BCUT2D eigenvalue weighted by atomic mass is 10.3. The Balaban J connectivity index is 1.89. The summed E-state index contributed by atoms with van der Waals surface area (Å²) in [6.45, 7) is -0.170. The molecule has 0 spiro atoms. The number of amides is 1. The summed E-state index contributed by atoms with van der Waals surface area (Å²) in [7, 11) is 1.57. The molecular weight excluding hydrogens is 282 g/mol. The van der Waals surface area contributed by atoms with Gasteiger partial charge in [0.05, 0.1) is 13.0 Å². The fourth-order valence-corrected chi connectivity index (χ4v) is 2.96. The zero-order valence-electron chi connectivity index (χ0n) is 10.9. The van der Waals surface area contributed by atoms with Gasteiger partial charge in [0.15, 0.2) is 6.61 Å². The molecule has 1 aliphatic heterocycles. The number of carbonyl (C=O) groups is 2. The van der Waals surface area contributed by atoms with Crippen LogP contribution in [0.2, 0.25) is 0 Å². The number of carboxylic acids is 1. The van der Waals surface area contributed by atoms with Gasteiger partial charge in [-0.25, -0.2) is 4.79 Å². The average molecular weight is 297 g/mol. The minimum absolute atomic E-state index is 0.170. The van der Waals surface area contributed by atoms with Crippen molar-refractivity contribution in [1.82, 2.24) is 4.90 Å². The van der Waals surface area contributed by atoms with E-state index in [1.54, 1.807) is 31.4 Å². The predicted octanol–water partition coefficient (Wildman–Crippen LogP) is 1.06. The van der Waals surface area contributed by atoms with Crippen molar-refractivity contribution in [2.75, 3.05) is 25.3 Å². The molecule has 1 saturated heterocycles. The van der Waals surface area contributed by atoms with Gasteiger partial charge in [-0.15, -0.1) is 11.8 Å². The summed E-state index contributed by atoms with van der Waals surface area (Å²) in [5.41, 5.74) is 0. The van der Waals surface area contributed by atoms with E-state index in [0.29, 0.717) is 23.1 Å². The summed E-state index contributed by atoms with van der Waals surface area (Å²) in [6.07, 6.45) is 0. The summed E-state index contributed by atoms with van der Waals surface area (Å²) in [6, 6.07) is 6.09. The van der Waals surface area contributed by atoms with Gasteiger partial charge in [-0.2, -0.15) is 0 Å². The first-order valence-corrected chi connectivity index (χ1v) is 7.14. The number of hydrogen-bond donors (Lipinski definition) is 1. The number of methoxy groups -OCH3 is 1. The third-order valence-electron chi connectivity index (χ3n) is 2.91. The molecule has 1 heterocycles. The monoisotopic (exact) mass is 297 g/mol. The van der Waals surface area contributed by atoms with Crippen LogP contribution in [0.25, 0.3) is 0 Å². The molecule has 2 rings (SSSR count). The quantitative estimate of drug-likeness (QED) is 0.876. The van der Waals surface area contributed by atoms with Crippen molar-refractivity contribution >= 4 is 23.6 Å². The van der Waals surface area contributed by atoms with Crippen molar-refractivity contribution in [2.45, 2.75) is 6.04 Å². The van der Waals surface area contributed by atoms with E-state index in [-0.39, 0.29) is 12.5 Å². The van der Waals surface area contributed by atoms with Gasteiger partial charge < -0.3 is 19.5 Å². The Bertz CT molecular complexity index is 490. The third-order valence-corrected chi connectivity index (χ3v) is 3.92. The molecule has 0 aromatic heterocycles. The normalized spacial score (nSPS) is 17.9. The number of aliphatic carboxylic acids is 1. The fourth-order valence-electron chi connectivity index (χ4n) is 1.79. The second kappa shape index (κ2) is 6.51. The van der Waals surface area contributed by atoms with Crippen molar-refractivity contribution in [3.63, 3.8) is 0 Å². The van der Waals surface area contributed by atoms with Crippen molar-refractivity contribution < 1.29 is 24.2 Å². The largest absolute Gasteiger partial charge is 0.497 e. The molecule has 108 valence electrons. The molecule has 1 unspecified atom stereocenters. The van der Waals surface area contributed by atoms with Gasteiger partial charge in [0.1, 0.15) is 17.5 Å². The molecule has 1 N–H and O–H groups in total. The lowest BCUT2D eigenvalue weighted by Gasteiger charge is -2.20. The summed E-state index contributed by atoms with van der Waals surface area (Å²) >= 11 is 1.43. The van der Waals surface area contributed by atoms with E-state index in [1.807, 2.05) is 0 Å². The summed E-state index contributed by atoms with van der Waals surface area (Å²) in [5.74, 6) is 0.750. The van der Waals surface area contributed by atoms with Crippen LogP contribution in [-0.4, -0.2) is 53.3 Å². The van der Waals surface area contributed by atoms with Crippen LogP contribution in [0.3, 0.4) is 0 Å². The second-order valence-electron chi connectivity index (χ2n) is 4.18. The maximum atomic E-state index is 12.0. The van der Waals surface area contributed by atoms with Crippen LogP contribution in [0.4, 0.5) is 0 Å². The topological polar surface area (TPSA) is 76.1 Å². The van der Waals surface area contributed by atoms with E-state index in [4.69, 9.17) is 14.6 Å². The highest BCUT2D eigenvalue weighted by Gasteiger charge is 2.34. The first-order valence-electron chi connectivity index (χ1n) is 5.98. The van der Waals surface area contributed by atoms with Gasteiger partial charge in [0, 0.05) is 5.75 Å². The van der Waals surface area contributed by atoms with Crippen molar-refractivity contribution in [2.24, 2.45) is 0 Å². The van der Waals surface area contributed by atoms with Crippen LogP contribution in [-0.2, 0) is 9.59 Å². The van der Waals surface area contributed by atoms with Crippen molar-refractivity contribution in [1.29, 1.82) is 0 Å². The molecule has 1 aliphatic rings. The van der Waals surface area contributed by atoms with Gasteiger partial charge >= 0.3 is 5.97 Å². The molecule has 1 aromatic carbocycles. The number of rotatable bonds is 5. The molecule has 0 aliphatic carbocycles. The maximum Gasteiger partial charge on any atom is 0.327 e. The van der Waals surface area contributed by atoms with E-state index < -0.39 is 12.0 Å². The van der Waals surface area contributed by atoms with Gasteiger partial charge in [-0.3, -0.25) is 4.79 Å². The van der Waals surface area contributed by atoms with Crippen molar-refractivity contribution in [3.8, 4) is 11.5 Å². The third kappa shape index (κ3) is 3.36. The molecule has 6 nitrogen and oxygen atoms in total. The van der Waals surface area contributed by atoms with Gasteiger partial charge in [-0.1, -0.05) is 0 Å². The van der Waals surface area contributed by atoms with E-state index in [0.717, 1.165) is 0 Å². The minimum Gasteiger partial charge on any atom is -0.497 e. The standard InChI is InChI=1S/C13H15NO5S/c1-18-9-2-4-10(5-3-9)19-6-12(15)14-8-20-7-11(14)13(16)17/h2-5,11H,6-8H2,1H3,(H,16,17). The van der Waals surface area contributed by atoms with Crippen LogP contribution in [0, 0.1) is 0 Å². The lowest BCUT2D eigenvalue weighted by Crippen LogP contribution is -2.43. The number of ether oxygens (including phenoxy) is 2. The molecule has 0 bridgehead atoms. The number of carboxylic acid groups (broad SMARTS) is 1. The molecule has 0 radical (unpaired) electrons. The van der Waals surface area contributed by atoms with Crippen LogP contribution in [0.1, 0.15) is 0 Å². The van der Waals surface area contributed by atoms with E-state index in [1.165, 1.54) is 16.7 Å². The van der Waals surface area contributed by atoms with Crippen LogP contribution in [0.15, 0.2) is 24.3 Å². The zero-order valence-corrected chi connectivity index (χ0v) is 11.8. The highest BCUT2D eigenvalue weighted by Crippen LogP contribution is 2.22. The Morgan fingerprint density at radius 2 is 2.00 bits per heavy atom. The summed E-state index contributed by atoms with van der Waals surface area (Å²) in [5, 5.41) is 9.01. The maximum absolute atomic E-state index is 12.0. The number of nitrogens with zero attached hydrogens (tertiary/aromatic N) is 1. The molecule has 7 heteroatoms. The molecule has 20 heavy (non-hydrogen) atoms. The minimum atomic E-state index is -0.979. The van der Waals surface area contributed by atoms with Gasteiger partial charge in [0.25, 0.3) is 5.91 Å². The number of thioether (sulfide) groups is 1. The van der Waals surface area contributed by atoms with Crippen molar-refractivity contribution in [3.05, 3.63) is 24.3 Å². The SMILES string of the molecule is COc1ccc(OCC(=O)N2CSCC2C(=O)O)cc1. The van der Waals surface area contributed by atoms with E-state index in [9.17, 15) is 9.59 Å². The smallest absolute Gasteiger partial charge is 0.327 e. The summed E-state index contributed by atoms with van der Waals surface area (Å²) < 4.78 is 10.4. The first kappa shape index (κ1) is 14.5. The summed E-state index contributed by atoms with van der Waals surface area (Å²) in [4.78, 5) is 24.3. The number of hydrogen-bond acceptors (Lipinski definition) is 5. The fraction of sp³-hybridized carbons (Fsp3) is 0.385. The Labute approximate surface area is 120 Å². The second-order valence-corrected chi connectivity index (χ2v) is 5.18. The Morgan fingerprint density at radius 3 is 2.60 bits per heavy atom. The highest BCUT2D eigenvalue weighted by atomic mass is 32.2. The highest BCUT2D eigenvalue weighted by molar-refractivity contribution is 7.99. The number of benzene rings is 1. The van der Waals surface area contributed by atoms with Gasteiger partial charge in [0.2, 0.25) is 0 Å². The Kier molecular flexibility index (Phi) is 4.73. The van der Waals surface area contributed by atoms with Crippen LogP contribution < -0.4 is 9.47 Å². The Hall–Kier alpha value is -1.89. The number of carbonyl (C=O) groups excluding carboxylic acids is 1. The molecule has 0 saturated carbocycles. The van der Waals surface area contributed by atoms with Gasteiger partial charge in [-0.05, 0) is 24.3 Å². The Morgan fingerprint density at radius 1 is 1.35 bits per heavy atom. The van der Waals surface area contributed by atoms with Crippen LogP contribution >= 0.6 is 11.8 Å². The lowest BCUT2D eigenvalue weighted by molar-refractivity contribution is -0.148. The molecule has 1 aromatic rings. The molecular formula is C13H15NO5S. The average Bonchev–Trinajstić information content (AvgIpc) is 2.95. The van der Waals surface area contributed by atoms with E-state index >= 15 is 0 Å². The zero-order chi connectivity index (χ0) is 14.5. The predicted molar refractivity (Wildman–Crippen MR) is 74.1 cm³/mol. The van der Waals surface area contributed by atoms with Crippen LogP contribution in [0.5, 0.6) is 11.5 Å². The first-order chi connectivity index (χ1) is 9.61.